The molecule has 3 rings (SSSR count). The summed E-state index contributed by atoms with van der Waals surface area (Å²) in [6.07, 6.45) is 5.48. The molecule has 0 aliphatic carbocycles. The molecule has 2 saturated heterocycles. The van der Waals surface area contributed by atoms with Crippen molar-refractivity contribution in [2.45, 2.75) is 189 Å². The minimum Gasteiger partial charge on any atom is -0.462 e. The highest BCUT2D eigenvalue weighted by molar-refractivity contribution is 5.73. The van der Waals surface area contributed by atoms with Gasteiger partial charge in [-0.05, 0) is 33.1 Å². The number of nitrogens with one attached hydrogen (secondary N) is 1. The monoisotopic (exact) mass is 937 g/mol. The number of carbonyl (C=O) groups excluding carboxylic acids is 2. The van der Waals surface area contributed by atoms with Crippen molar-refractivity contribution in [3.63, 3.8) is 0 Å². The Morgan fingerprint density at radius 1 is 0.682 bits per heavy atom. The van der Waals surface area contributed by atoms with E-state index in [4.69, 9.17) is 24.7 Å². The molecule has 0 aromatic carbocycles. The van der Waals surface area contributed by atoms with Gasteiger partial charge < -0.3 is 81.1 Å². The molecule has 0 radical (unpaired) electrons. The fourth-order valence-electron chi connectivity index (χ4n) is 8.07. The molecular weight excluding hydrogens is 861 g/mol. The Labute approximate surface area is 388 Å². The van der Waals surface area contributed by atoms with Crippen LogP contribution in [0.15, 0.2) is 85.1 Å². The van der Waals surface area contributed by atoms with E-state index in [0.717, 1.165) is 0 Å². The lowest BCUT2D eigenvalue weighted by Crippen LogP contribution is -2.63. The van der Waals surface area contributed by atoms with Gasteiger partial charge in [0.1, 0.15) is 12.2 Å². The number of hydrogen-bond acceptors (Lipinski definition) is 17. The molecule has 19 atom stereocenters. The van der Waals surface area contributed by atoms with Gasteiger partial charge in [0.2, 0.25) is 5.91 Å². The number of cyclic esters (lactones) is 1. The maximum absolute atomic E-state index is 12.6. The molecule has 18 heteroatoms. The van der Waals surface area contributed by atoms with Gasteiger partial charge in [-0.3, -0.25) is 9.59 Å². The van der Waals surface area contributed by atoms with E-state index >= 15 is 0 Å². The van der Waals surface area contributed by atoms with Crippen molar-refractivity contribution >= 4 is 11.9 Å². The van der Waals surface area contributed by atoms with E-state index in [9.17, 15) is 60.7 Å². The summed E-state index contributed by atoms with van der Waals surface area (Å²) in [4.78, 5) is 24.9. The fourth-order valence-corrected chi connectivity index (χ4v) is 8.07. The number of nitrogens with two attached hydrogens (primary N) is 1. The summed E-state index contributed by atoms with van der Waals surface area (Å²) < 4.78 is 23.5. The minimum atomic E-state index is -2.21. The third-order valence-corrected chi connectivity index (χ3v) is 12.1. The number of aliphatic hydroxyl groups excluding tert-OH is 9. The SMILES string of the molecule is CC(=O)NC1C(O)CC2(O)CC(O)CC(O)C(O)CCC(O)CC(O)CC(=O)OC(C)C(C)C(O)C(C)/C=C/C=C/C=C/C=C/C=C/C=C/C=C/C(OC3OC(C)C(O)C(N)C3O)CC1O2. The lowest BCUT2D eigenvalue weighted by molar-refractivity contribution is -0.303. The largest absolute Gasteiger partial charge is 0.462 e. The first kappa shape index (κ1) is 56.9. The average Bonchev–Trinajstić information content (AvgIpc) is 3.23. The first-order valence-electron chi connectivity index (χ1n) is 22.8. The van der Waals surface area contributed by atoms with Crippen LogP contribution in [0.1, 0.15) is 86.0 Å². The maximum Gasteiger partial charge on any atom is 0.308 e. The lowest BCUT2D eigenvalue weighted by atomic mass is 9.87. The van der Waals surface area contributed by atoms with Gasteiger partial charge in [0.05, 0.1) is 85.6 Å². The summed E-state index contributed by atoms with van der Waals surface area (Å²) in [6.45, 7) is 8.04. The van der Waals surface area contributed by atoms with E-state index in [-0.39, 0.29) is 31.6 Å². The third kappa shape index (κ3) is 19.3. The van der Waals surface area contributed by atoms with Crippen LogP contribution in [0.4, 0.5) is 0 Å². The van der Waals surface area contributed by atoms with E-state index in [1.54, 1.807) is 63.3 Å². The number of ether oxygens (including phenoxy) is 4. The van der Waals surface area contributed by atoms with E-state index < -0.39 is 147 Å². The Hall–Kier alpha value is -3.44. The maximum atomic E-state index is 12.6. The zero-order valence-corrected chi connectivity index (χ0v) is 38.6. The van der Waals surface area contributed by atoms with Crippen LogP contribution in [0.2, 0.25) is 0 Å². The molecule has 2 fully saturated rings. The van der Waals surface area contributed by atoms with Crippen molar-refractivity contribution in [3.05, 3.63) is 85.1 Å². The molecule has 66 heavy (non-hydrogen) atoms. The van der Waals surface area contributed by atoms with Crippen LogP contribution >= 0.6 is 0 Å². The van der Waals surface area contributed by atoms with E-state index in [1.165, 1.54) is 6.92 Å². The first-order chi connectivity index (χ1) is 31.1. The van der Waals surface area contributed by atoms with Crippen LogP contribution in [-0.2, 0) is 28.5 Å². The van der Waals surface area contributed by atoms with Crippen molar-refractivity contribution in [2.75, 3.05) is 0 Å². The zero-order chi connectivity index (χ0) is 49.1. The second-order valence-electron chi connectivity index (χ2n) is 17.9. The van der Waals surface area contributed by atoms with E-state index in [1.807, 2.05) is 49.5 Å². The Kier molecular flexibility index (Phi) is 24.3. The second-order valence-corrected chi connectivity index (χ2v) is 17.9. The molecule has 2 bridgehead atoms. The molecule has 3 aliphatic rings. The third-order valence-electron chi connectivity index (χ3n) is 12.1. The molecule has 3 heterocycles. The van der Waals surface area contributed by atoms with E-state index in [0.29, 0.717) is 0 Å². The number of allylic oxidation sites excluding steroid dienone is 12. The molecule has 19 unspecified atom stereocenters. The highest BCUT2D eigenvalue weighted by Gasteiger charge is 2.49. The topological polar surface area (TPSA) is 311 Å². The Morgan fingerprint density at radius 3 is 1.85 bits per heavy atom. The van der Waals surface area contributed by atoms with Gasteiger partial charge in [0.25, 0.3) is 0 Å². The molecule has 374 valence electrons. The van der Waals surface area contributed by atoms with Crippen molar-refractivity contribution in [1.82, 2.24) is 5.32 Å². The van der Waals surface area contributed by atoms with Crippen molar-refractivity contribution < 1.29 is 79.6 Å². The van der Waals surface area contributed by atoms with Crippen molar-refractivity contribution in [3.8, 4) is 0 Å². The summed E-state index contributed by atoms with van der Waals surface area (Å²) >= 11 is 0. The van der Waals surface area contributed by atoms with Crippen LogP contribution in [0.3, 0.4) is 0 Å². The van der Waals surface area contributed by atoms with Gasteiger partial charge in [-0.15, -0.1) is 0 Å². The number of fused-ring (bicyclic) bond motifs is 2. The van der Waals surface area contributed by atoms with Gasteiger partial charge in [-0.25, -0.2) is 0 Å². The summed E-state index contributed by atoms with van der Waals surface area (Å²) in [7, 11) is 0. The number of amides is 1. The molecule has 0 spiro atoms. The molecule has 3 aliphatic heterocycles. The van der Waals surface area contributed by atoms with E-state index in [2.05, 4.69) is 5.32 Å². The highest BCUT2D eigenvalue weighted by Crippen LogP contribution is 2.35. The number of esters is 1. The minimum absolute atomic E-state index is 0.0853. The Bertz CT molecular complexity index is 1690. The van der Waals surface area contributed by atoms with Gasteiger partial charge in [-0.2, -0.15) is 0 Å². The summed E-state index contributed by atoms with van der Waals surface area (Å²) in [5.41, 5.74) is 6.06. The predicted molar refractivity (Wildman–Crippen MR) is 243 cm³/mol. The van der Waals surface area contributed by atoms with Crippen LogP contribution in [0.5, 0.6) is 0 Å². The highest BCUT2D eigenvalue weighted by atomic mass is 16.7. The van der Waals surface area contributed by atoms with Gasteiger partial charge in [-0.1, -0.05) is 98.9 Å². The predicted octanol–water partition coefficient (Wildman–Crippen LogP) is 0.516. The average molecular weight is 937 g/mol. The summed E-state index contributed by atoms with van der Waals surface area (Å²) in [5, 5.41) is 111. The van der Waals surface area contributed by atoms with Gasteiger partial charge in [0.15, 0.2) is 12.1 Å². The van der Waals surface area contributed by atoms with Crippen LogP contribution < -0.4 is 11.1 Å². The van der Waals surface area contributed by atoms with Crippen LogP contribution in [-0.4, -0.2) is 166 Å². The lowest BCUT2D eigenvalue weighted by Gasteiger charge is -2.46. The van der Waals surface area contributed by atoms with Crippen LogP contribution in [0.25, 0.3) is 0 Å². The molecule has 13 N–H and O–H groups in total. The molecule has 0 aromatic rings. The summed E-state index contributed by atoms with van der Waals surface area (Å²) in [6, 6.07) is -2.19. The number of rotatable bonds is 3. The smallest absolute Gasteiger partial charge is 0.308 e. The van der Waals surface area contributed by atoms with Gasteiger partial charge in [0, 0.05) is 44.4 Å². The van der Waals surface area contributed by atoms with Crippen LogP contribution in [0, 0.1) is 11.8 Å². The quantitative estimate of drug-likeness (QED) is 0.172. The fraction of sp³-hybridized carbons (Fsp3) is 0.667. The number of carbonyl (C=O) groups is 2. The molecular formula is C48H76N2O16. The Morgan fingerprint density at radius 2 is 1.26 bits per heavy atom. The molecule has 18 nitrogen and oxygen atoms in total. The summed E-state index contributed by atoms with van der Waals surface area (Å²) in [5.74, 6) is -4.16. The number of aliphatic hydroxyl groups is 10. The zero-order valence-electron chi connectivity index (χ0n) is 38.6. The molecule has 0 saturated carbocycles. The standard InChI is InChI=1S/C48H76N2O16/c1-28-18-16-14-12-10-8-6-7-9-11-13-15-17-19-36(65-47-46(61)42(49)45(60)31(4)64-47)25-40-43(50-32(5)51)39(57)27-48(62,66-40)26-35(54)23-38(56)37(55)21-20-33(52)22-34(53)24-41(58)63-30(3)29(2)44(28)59/h6-19,28-31,33-40,42-47,52-57,59-62H,20-27,49H2,1-5H3,(H,50,51)/b7-6+,10-8+,11-9+,14-12+,15-13+,18-16+,19-17+. The molecule has 0 aromatic heterocycles. The first-order valence-corrected chi connectivity index (χ1v) is 22.8. The van der Waals surface area contributed by atoms with Gasteiger partial charge >= 0.3 is 5.97 Å². The Balaban J connectivity index is 1.87. The van der Waals surface area contributed by atoms with Crippen molar-refractivity contribution in [2.24, 2.45) is 17.6 Å². The normalized spacial score (nSPS) is 44.9. The van der Waals surface area contributed by atoms with Crippen molar-refractivity contribution in [1.29, 1.82) is 0 Å². The molecule has 1 amide bonds. The number of hydrogen-bond donors (Lipinski definition) is 12. The second kappa shape index (κ2) is 28.1.